The van der Waals surface area contributed by atoms with Crippen molar-refractivity contribution < 1.29 is 34.2 Å². The number of carbonyl (C=O) groups is 5. The fraction of sp³-hybridized carbons (Fsp3) is 0.412. The second-order valence-electron chi connectivity index (χ2n) is 13.6. The van der Waals surface area contributed by atoms with Crippen molar-refractivity contribution in [2.24, 2.45) is 29.4 Å². The second kappa shape index (κ2) is 9.87. The maximum absolute atomic E-state index is 14.4. The molecule has 10 heteroatoms. The molecule has 2 saturated carbocycles. The molecule has 10 nitrogen and oxygen atoms in total. The minimum absolute atomic E-state index is 0.0128. The van der Waals surface area contributed by atoms with Crippen molar-refractivity contribution in [2.45, 2.75) is 50.7 Å². The predicted molar refractivity (Wildman–Crippen MR) is 161 cm³/mol. The summed E-state index contributed by atoms with van der Waals surface area (Å²) in [6.07, 6.45) is 1.88. The third kappa shape index (κ3) is 4.07. The molecule has 6 atom stereocenters. The van der Waals surface area contributed by atoms with E-state index in [4.69, 9.17) is 5.73 Å². The molecule has 4 N–H and O–H groups in total. The molecule has 228 valence electrons. The van der Waals surface area contributed by atoms with Gasteiger partial charge in [0, 0.05) is 28.6 Å². The summed E-state index contributed by atoms with van der Waals surface area (Å²) in [5, 5.41) is 24.3. The van der Waals surface area contributed by atoms with Gasteiger partial charge in [0.05, 0.1) is 23.0 Å². The number of phenolic OH excluding ortho intramolecular Hbond substituents is 1. The van der Waals surface area contributed by atoms with Gasteiger partial charge in [0.2, 0.25) is 5.91 Å². The summed E-state index contributed by atoms with van der Waals surface area (Å²) >= 11 is 0. The topological polar surface area (TPSA) is 168 Å². The summed E-state index contributed by atoms with van der Waals surface area (Å²) in [5.41, 5.74) is 5.29. The summed E-state index contributed by atoms with van der Waals surface area (Å²) in [6.45, 7) is 5.69. The molecule has 3 aliphatic carbocycles. The third-order valence-electron chi connectivity index (χ3n) is 9.77. The van der Waals surface area contributed by atoms with Crippen molar-refractivity contribution in [2.75, 3.05) is 14.1 Å². The Balaban J connectivity index is 1.56. The Morgan fingerprint density at radius 2 is 1.75 bits per heavy atom. The van der Waals surface area contributed by atoms with E-state index in [-0.39, 0.29) is 24.2 Å². The summed E-state index contributed by atoms with van der Waals surface area (Å²) in [6, 6.07) is 10.3. The number of rotatable bonds is 3. The van der Waals surface area contributed by atoms with Gasteiger partial charge in [-0.15, -0.1) is 0 Å². The van der Waals surface area contributed by atoms with Gasteiger partial charge in [0.15, 0.2) is 34.7 Å². The van der Waals surface area contributed by atoms with Crippen LogP contribution in [0.25, 0.3) is 22.0 Å². The van der Waals surface area contributed by atoms with Gasteiger partial charge in [0.25, 0.3) is 0 Å². The van der Waals surface area contributed by atoms with Gasteiger partial charge in [0.1, 0.15) is 5.75 Å². The number of nitrogens with two attached hydrogens (primary N) is 1. The molecule has 0 saturated heterocycles. The number of aromatic hydroxyl groups is 1. The van der Waals surface area contributed by atoms with Crippen LogP contribution in [0.2, 0.25) is 0 Å². The van der Waals surface area contributed by atoms with Crippen LogP contribution >= 0.6 is 0 Å². The van der Waals surface area contributed by atoms with Gasteiger partial charge >= 0.3 is 0 Å². The highest BCUT2D eigenvalue weighted by Crippen LogP contribution is 2.53. The molecule has 44 heavy (non-hydrogen) atoms. The van der Waals surface area contributed by atoms with E-state index in [9.17, 15) is 34.2 Å². The van der Waals surface area contributed by atoms with E-state index in [1.165, 1.54) is 4.90 Å². The molecule has 0 bridgehead atoms. The van der Waals surface area contributed by atoms with Crippen molar-refractivity contribution in [3.63, 3.8) is 0 Å². The third-order valence-corrected chi connectivity index (χ3v) is 9.77. The highest BCUT2D eigenvalue weighted by atomic mass is 16.3. The van der Waals surface area contributed by atoms with E-state index in [2.05, 4.69) is 4.98 Å². The molecule has 0 spiro atoms. The van der Waals surface area contributed by atoms with E-state index >= 15 is 0 Å². The number of likely N-dealkylation sites (N-methyl/N-ethyl adjacent to an activating group) is 1. The van der Waals surface area contributed by atoms with E-state index in [0.717, 1.165) is 16.5 Å². The smallest absolute Gasteiger partial charge is 0.235 e. The van der Waals surface area contributed by atoms with Crippen molar-refractivity contribution in [1.82, 2.24) is 9.88 Å². The zero-order valence-electron chi connectivity index (χ0n) is 25.2. The first-order valence-corrected chi connectivity index (χ1v) is 14.7. The van der Waals surface area contributed by atoms with Crippen molar-refractivity contribution in [3.05, 3.63) is 59.3 Å². The standard InChI is InChI=1S/C34H35N3O7/c1-33(2,3)21-13-18(17-10-15-8-6-7-9-22(15)36-14-17)19-11-16-12-20-26(37(4)5)29(40)25(32(35)43)31(42)34(20,44)30(41)23(16)28(39)24(19)27(21)38/h6-10,13-14,16,20,23,25-26,38,44H,11-12H2,1-5H3,(H2,35,43). The van der Waals surface area contributed by atoms with Crippen LogP contribution in [0.1, 0.15) is 48.7 Å². The number of amides is 1. The number of aromatic nitrogens is 1. The SMILES string of the molecule is CN(C)C1C(=O)C(C(N)=O)C(=O)C2(O)C(=O)C3C(=O)c4c(O)c(C(C)(C)C)cc(-c5cnc6ccccc6c5)c4CC3CC12. The Morgan fingerprint density at radius 3 is 2.39 bits per heavy atom. The van der Waals surface area contributed by atoms with E-state index in [1.807, 2.05) is 57.2 Å². The van der Waals surface area contributed by atoms with E-state index in [1.54, 1.807) is 20.3 Å². The van der Waals surface area contributed by atoms with Crippen LogP contribution in [-0.4, -0.2) is 74.9 Å². The second-order valence-corrected chi connectivity index (χ2v) is 13.6. The van der Waals surface area contributed by atoms with Crippen molar-refractivity contribution in [3.8, 4) is 16.9 Å². The van der Waals surface area contributed by atoms with E-state index < -0.39 is 69.8 Å². The van der Waals surface area contributed by atoms with Crippen molar-refractivity contribution >= 4 is 39.9 Å². The first-order chi connectivity index (χ1) is 20.6. The number of para-hydroxylation sites is 1. The normalized spacial score (nSPS) is 28.6. The van der Waals surface area contributed by atoms with Crippen LogP contribution < -0.4 is 5.73 Å². The minimum atomic E-state index is -2.76. The fourth-order valence-electron chi connectivity index (χ4n) is 7.72. The highest BCUT2D eigenvalue weighted by Gasteiger charge is 2.69. The molecule has 0 aliphatic heterocycles. The molecule has 6 rings (SSSR count). The zero-order chi connectivity index (χ0) is 32.0. The van der Waals surface area contributed by atoms with Gasteiger partial charge in [-0.25, -0.2) is 0 Å². The average Bonchev–Trinajstić information content (AvgIpc) is 2.94. The zero-order valence-corrected chi connectivity index (χ0v) is 25.2. The molecule has 0 radical (unpaired) electrons. The molecule has 1 aromatic heterocycles. The number of ketones is 4. The summed E-state index contributed by atoms with van der Waals surface area (Å²) in [5.74, 6) is -10.6. The first kappa shape index (κ1) is 29.8. The number of nitrogens with zero attached hydrogens (tertiary/aromatic N) is 2. The molecule has 6 unspecified atom stereocenters. The monoisotopic (exact) mass is 597 g/mol. The lowest BCUT2D eigenvalue weighted by Gasteiger charge is -2.52. The lowest BCUT2D eigenvalue weighted by atomic mass is 9.52. The number of Topliss-reactive ketones (excluding diaryl/α,β-unsaturated/α-hetero) is 4. The number of aliphatic hydroxyl groups is 1. The molecule has 2 aromatic carbocycles. The number of primary amides is 1. The summed E-state index contributed by atoms with van der Waals surface area (Å²) in [7, 11) is 3.12. The number of benzene rings is 2. The molecule has 1 heterocycles. The predicted octanol–water partition coefficient (Wildman–Crippen LogP) is 2.38. The van der Waals surface area contributed by atoms with Crippen LogP contribution in [0.3, 0.4) is 0 Å². The van der Waals surface area contributed by atoms with E-state index in [0.29, 0.717) is 16.7 Å². The molecular formula is C34H35N3O7. The average molecular weight is 598 g/mol. The lowest BCUT2D eigenvalue weighted by molar-refractivity contribution is -0.181. The molecule has 3 aromatic rings. The molecule has 2 fully saturated rings. The molecule has 3 aliphatic rings. The Bertz CT molecular complexity index is 1810. The summed E-state index contributed by atoms with van der Waals surface area (Å²) < 4.78 is 0. The Hall–Kier alpha value is -4.28. The van der Waals surface area contributed by atoms with Gasteiger partial charge in [-0.05, 0) is 67.6 Å². The number of carbonyl (C=O) groups excluding carboxylic acids is 5. The number of fused-ring (bicyclic) bond motifs is 4. The van der Waals surface area contributed by atoms with Gasteiger partial charge in [-0.3, -0.25) is 33.9 Å². The largest absolute Gasteiger partial charge is 0.507 e. The number of phenols is 1. The molecule has 1 amide bonds. The fourth-order valence-corrected chi connectivity index (χ4v) is 7.72. The van der Waals surface area contributed by atoms with Crippen LogP contribution in [0.5, 0.6) is 5.75 Å². The number of hydrogen-bond acceptors (Lipinski definition) is 9. The minimum Gasteiger partial charge on any atom is -0.507 e. The lowest BCUT2D eigenvalue weighted by Crippen LogP contribution is -2.74. The van der Waals surface area contributed by atoms with Gasteiger partial charge in [-0.2, -0.15) is 0 Å². The Morgan fingerprint density at radius 1 is 1.07 bits per heavy atom. The maximum Gasteiger partial charge on any atom is 0.235 e. The summed E-state index contributed by atoms with van der Waals surface area (Å²) in [4.78, 5) is 73.9. The van der Waals surface area contributed by atoms with Gasteiger partial charge in [-0.1, -0.05) is 39.0 Å². The number of pyridine rings is 1. The quantitative estimate of drug-likeness (QED) is 0.384. The Labute approximate surface area is 254 Å². The van der Waals surface area contributed by atoms with Gasteiger partial charge < -0.3 is 15.9 Å². The first-order valence-electron chi connectivity index (χ1n) is 14.7. The van der Waals surface area contributed by atoms with Crippen LogP contribution in [0, 0.1) is 23.7 Å². The van der Waals surface area contributed by atoms with Crippen LogP contribution in [-0.2, 0) is 31.0 Å². The van der Waals surface area contributed by atoms with Crippen LogP contribution in [0.4, 0.5) is 0 Å². The molecular weight excluding hydrogens is 562 g/mol. The Kier molecular flexibility index (Phi) is 6.68. The maximum atomic E-state index is 14.4. The highest BCUT2D eigenvalue weighted by molar-refractivity contribution is 6.32. The van der Waals surface area contributed by atoms with Crippen molar-refractivity contribution in [1.29, 1.82) is 0 Å². The van der Waals surface area contributed by atoms with Crippen LogP contribution in [0.15, 0.2) is 42.6 Å². The number of hydrogen-bond donors (Lipinski definition) is 3.